The Morgan fingerprint density at radius 1 is 1.03 bits per heavy atom. The van der Waals surface area contributed by atoms with Crippen LogP contribution in [0.2, 0.25) is 0 Å². The summed E-state index contributed by atoms with van der Waals surface area (Å²) in [5.74, 6) is 4.26. The largest absolute Gasteiger partial charge is 0.393 e. The standard InChI is InChI=1S/C27H47NO5S/c1-17(5-8-25(30)28-13-14-34(31,32)33)21-6-7-22-20-15-18(2)24-16-19(29)9-11-27(24,4)23(20)10-12-26(21,22)3/h17-24,29H,5-16H2,1-4H3,(H,28,30)(H,31,32,33)/t17-,18+,19-,20+,21-,22+,23+,24+,26-,27-/m1/s1. The topological polar surface area (TPSA) is 104 Å². The number of carbonyl (C=O) groups excluding carboxylic acids is 1. The molecule has 0 heterocycles. The second-order valence-electron chi connectivity index (χ2n) is 13.0. The van der Waals surface area contributed by atoms with Crippen LogP contribution in [-0.4, -0.2) is 42.4 Å². The van der Waals surface area contributed by atoms with Crippen LogP contribution in [0.5, 0.6) is 0 Å². The van der Waals surface area contributed by atoms with Crippen molar-refractivity contribution in [3.05, 3.63) is 0 Å². The van der Waals surface area contributed by atoms with E-state index in [0.717, 1.165) is 37.0 Å². The summed E-state index contributed by atoms with van der Waals surface area (Å²) in [6.07, 6.45) is 10.8. The lowest BCUT2D eigenvalue weighted by molar-refractivity contribution is -0.149. The lowest BCUT2D eigenvalue weighted by Gasteiger charge is -2.63. The van der Waals surface area contributed by atoms with Crippen molar-refractivity contribution in [1.29, 1.82) is 0 Å². The molecule has 0 aliphatic heterocycles. The fourth-order valence-electron chi connectivity index (χ4n) is 9.66. The molecule has 0 saturated heterocycles. The van der Waals surface area contributed by atoms with Crippen LogP contribution < -0.4 is 5.32 Å². The molecular weight excluding hydrogens is 450 g/mol. The van der Waals surface area contributed by atoms with E-state index in [0.29, 0.717) is 40.9 Å². The van der Waals surface area contributed by atoms with Gasteiger partial charge in [-0.1, -0.05) is 27.7 Å². The van der Waals surface area contributed by atoms with Gasteiger partial charge in [0.15, 0.2) is 0 Å². The Labute approximate surface area is 206 Å². The average Bonchev–Trinajstić information content (AvgIpc) is 3.10. The van der Waals surface area contributed by atoms with Crippen molar-refractivity contribution in [2.24, 2.45) is 52.3 Å². The van der Waals surface area contributed by atoms with Gasteiger partial charge in [-0.15, -0.1) is 0 Å². The van der Waals surface area contributed by atoms with E-state index < -0.39 is 15.9 Å². The number of aliphatic hydroxyl groups is 1. The number of hydrogen-bond acceptors (Lipinski definition) is 4. The maximum Gasteiger partial charge on any atom is 0.266 e. The number of fused-ring (bicyclic) bond motifs is 5. The van der Waals surface area contributed by atoms with Gasteiger partial charge in [0, 0.05) is 13.0 Å². The summed E-state index contributed by atoms with van der Waals surface area (Å²) in [7, 11) is -4.04. The maximum atomic E-state index is 12.2. The van der Waals surface area contributed by atoms with Crippen LogP contribution in [0.1, 0.15) is 91.9 Å². The molecule has 0 radical (unpaired) electrons. The summed E-state index contributed by atoms with van der Waals surface area (Å²) in [4.78, 5) is 12.2. The zero-order valence-electron chi connectivity index (χ0n) is 21.6. The molecule has 0 spiro atoms. The number of amides is 1. The zero-order valence-corrected chi connectivity index (χ0v) is 22.4. The monoisotopic (exact) mass is 497 g/mol. The smallest absolute Gasteiger partial charge is 0.266 e. The van der Waals surface area contributed by atoms with Gasteiger partial charge in [-0.25, -0.2) is 0 Å². The highest BCUT2D eigenvalue weighted by molar-refractivity contribution is 7.85. The highest BCUT2D eigenvalue weighted by Crippen LogP contribution is 2.69. The van der Waals surface area contributed by atoms with Crippen LogP contribution in [-0.2, 0) is 14.9 Å². The van der Waals surface area contributed by atoms with Crippen molar-refractivity contribution in [3.63, 3.8) is 0 Å². The van der Waals surface area contributed by atoms with Gasteiger partial charge >= 0.3 is 0 Å². The van der Waals surface area contributed by atoms with E-state index >= 15 is 0 Å². The molecule has 196 valence electrons. The van der Waals surface area contributed by atoms with E-state index in [4.69, 9.17) is 4.55 Å². The molecule has 4 aliphatic rings. The zero-order chi connectivity index (χ0) is 24.9. The molecule has 6 nitrogen and oxygen atoms in total. The SMILES string of the molecule is C[C@H](CCC(=O)NCCS(=O)(=O)O)[C@H]1CC[C@H]2[C@@H]3C[C@H](C)[C@@H]4C[C@H](O)CC[C@]4(C)[C@H]3CC[C@]12C. The Morgan fingerprint density at radius 3 is 2.41 bits per heavy atom. The second-order valence-corrected chi connectivity index (χ2v) is 14.6. The number of nitrogens with one attached hydrogen (secondary N) is 1. The van der Waals surface area contributed by atoms with Crippen molar-refractivity contribution >= 4 is 16.0 Å². The Hall–Kier alpha value is -0.660. The van der Waals surface area contributed by atoms with Crippen molar-refractivity contribution < 1.29 is 22.9 Å². The normalized spacial score (nSPS) is 45.1. The fourth-order valence-corrected chi connectivity index (χ4v) is 10.0. The minimum Gasteiger partial charge on any atom is -0.393 e. The maximum absolute atomic E-state index is 12.2. The second kappa shape index (κ2) is 9.66. The first-order chi connectivity index (χ1) is 15.8. The van der Waals surface area contributed by atoms with Gasteiger partial charge in [0.1, 0.15) is 0 Å². The molecule has 10 atom stereocenters. The third kappa shape index (κ3) is 4.95. The van der Waals surface area contributed by atoms with Crippen LogP contribution in [0, 0.1) is 52.3 Å². The van der Waals surface area contributed by atoms with Gasteiger partial charge < -0.3 is 10.4 Å². The van der Waals surface area contributed by atoms with Gasteiger partial charge in [0.05, 0.1) is 11.9 Å². The Balaban J connectivity index is 1.38. The summed E-state index contributed by atoms with van der Waals surface area (Å²) in [5, 5.41) is 13.0. The lowest BCUT2D eigenvalue weighted by Crippen LogP contribution is -2.56. The Morgan fingerprint density at radius 2 is 1.71 bits per heavy atom. The number of hydrogen-bond donors (Lipinski definition) is 3. The molecule has 0 unspecified atom stereocenters. The molecule has 0 aromatic rings. The molecule has 4 rings (SSSR count). The van der Waals surface area contributed by atoms with E-state index in [2.05, 4.69) is 33.0 Å². The molecule has 4 aliphatic carbocycles. The number of rotatable bonds is 7. The summed E-state index contributed by atoms with van der Waals surface area (Å²) >= 11 is 0. The molecule has 4 saturated carbocycles. The minimum absolute atomic E-state index is 0.0344. The van der Waals surface area contributed by atoms with Gasteiger partial charge in [0.2, 0.25) is 5.91 Å². The molecule has 34 heavy (non-hydrogen) atoms. The lowest BCUT2D eigenvalue weighted by atomic mass is 9.42. The highest BCUT2D eigenvalue weighted by atomic mass is 32.2. The summed E-state index contributed by atoms with van der Waals surface area (Å²) in [6, 6.07) is 0. The third-order valence-electron chi connectivity index (χ3n) is 11.3. The molecule has 0 bridgehead atoms. The van der Waals surface area contributed by atoms with Crippen molar-refractivity contribution in [2.45, 2.75) is 98.0 Å². The number of aliphatic hydroxyl groups excluding tert-OH is 1. The summed E-state index contributed by atoms with van der Waals surface area (Å²) < 4.78 is 30.5. The first-order valence-electron chi connectivity index (χ1n) is 13.7. The van der Waals surface area contributed by atoms with Gasteiger partial charge in [-0.2, -0.15) is 8.42 Å². The molecule has 3 N–H and O–H groups in total. The predicted molar refractivity (Wildman–Crippen MR) is 134 cm³/mol. The van der Waals surface area contributed by atoms with E-state index in [-0.39, 0.29) is 18.6 Å². The predicted octanol–water partition coefficient (Wildman–Crippen LogP) is 4.67. The molecular formula is C27H47NO5S. The van der Waals surface area contributed by atoms with E-state index in [1.165, 1.54) is 38.5 Å². The third-order valence-corrected chi connectivity index (χ3v) is 12.0. The van der Waals surface area contributed by atoms with E-state index in [1.807, 2.05) is 0 Å². The van der Waals surface area contributed by atoms with Crippen LogP contribution in [0.3, 0.4) is 0 Å². The van der Waals surface area contributed by atoms with Gasteiger partial charge in [-0.05, 0) is 110 Å². The van der Waals surface area contributed by atoms with Crippen molar-refractivity contribution in [3.8, 4) is 0 Å². The molecule has 0 aromatic heterocycles. The van der Waals surface area contributed by atoms with E-state index in [9.17, 15) is 18.3 Å². The van der Waals surface area contributed by atoms with Crippen LogP contribution >= 0.6 is 0 Å². The van der Waals surface area contributed by atoms with E-state index in [1.54, 1.807) is 0 Å². The fraction of sp³-hybridized carbons (Fsp3) is 0.963. The Bertz CT molecular complexity index is 861. The van der Waals surface area contributed by atoms with Crippen LogP contribution in [0.4, 0.5) is 0 Å². The molecule has 4 fully saturated rings. The quantitative estimate of drug-likeness (QED) is 0.443. The first kappa shape index (κ1) is 26.4. The molecule has 1 amide bonds. The van der Waals surface area contributed by atoms with Crippen molar-refractivity contribution in [2.75, 3.05) is 12.3 Å². The summed E-state index contributed by atoms with van der Waals surface area (Å²) in [6.45, 7) is 9.80. The first-order valence-corrected chi connectivity index (χ1v) is 15.4. The van der Waals surface area contributed by atoms with Gasteiger partial charge in [0.25, 0.3) is 10.1 Å². The van der Waals surface area contributed by atoms with Gasteiger partial charge in [-0.3, -0.25) is 9.35 Å². The minimum atomic E-state index is -4.04. The Kier molecular flexibility index (Phi) is 7.50. The number of carbonyl (C=O) groups is 1. The van der Waals surface area contributed by atoms with Crippen molar-refractivity contribution in [1.82, 2.24) is 5.32 Å². The average molecular weight is 498 g/mol. The summed E-state index contributed by atoms with van der Waals surface area (Å²) in [5.41, 5.74) is 0.728. The van der Waals surface area contributed by atoms with Crippen LogP contribution in [0.25, 0.3) is 0 Å². The van der Waals surface area contributed by atoms with Crippen LogP contribution in [0.15, 0.2) is 0 Å². The molecule has 7 heteroatoms. The molecule has 0 aromatic carbocycles. The highest BCUT2D eigenvalue weighted by Gasteiger charge is 2.61.